The molecule has 0 heterocycles. The Kier molecular flexibility index (Phi) is 7.12. The Balaban J connectivity index is 2.01. The van der Waals surface area contributed by atoms with Crippen LogP contribution in [-0.2, 0) is 14.9 Å². The Morgan fingerprint density at radius 3 is 2.17 bits per heavy atom. The van der Waals surface area contributed by atoms with Crippen LogP contribution in [0, 0.1) is 17.8 Å². The molecule has 3 rings (SSSR count). The molecule has 0 bridgehead atoms. The van der Waals surface area contributed by atoms with Crippen molar-refractivity contribution in [1.82, 2.24) is 0 Å². The minimum absolute atomic E-state index is 0.139. The van der Waals surface area contributed by atoms with E-state index in [0.717, 1.165) is 19.3 Å². The summed E-state index contributed by atoms with van der Waals surface area (Å²) < 4.78 is 6.23. The average Bonchev–Trinajstić information content (AvgIpc) is 2.76. The largest absolute Gasteiger partial charge is 0.461 e. The second-order valence-electron chi connectivity index (χ2n) is 9.09. The molecule has 0 amide bonds. The predicted octanol–water partition coefficient (Wildman–Crippen LogP) is 6.22. The second kappa shape index (κ2) is 9.59. The van der Waals surface area contributed by atoms with E-state index in [-0.39, 0.29) is 11.9 Å². The lowest BCUT2D eigenvalue weighted by molar-refractivity contribution is -0.161. The molecule has 160 valence electrons. The lowest BCUT2D eigenvalue weighted by atomic mass is 9.71. The fourth-order valence-electron chi connectivity index (χ4n) is 4.90. The van der Waals surface area contributed by atoms with Crippen LogP contribution < -0.4 is 0 Å². The standard InChI is InChI=1S/C27H34O3/c1-5-27(22-14-10-7-11-15-22,25(28)21-12-8-6-9-13-21)26(29)30-24-18-20(4)16-17-23(24)19(2)3/h6-15,19-20,23-24H,5,16-18H2,1-4H3/t20-,23+,24+,27+/m0/s1. The molecule has 0 N–H and O–H groups in total. The molecule has 3 heteroatoms. The fourth-order valence-corrected chi connectivity index (χ4v) is 4.90. The zero-order chi connectivity index (χ0) is 21.7. The van der Waals surface area contributed by atoms with Crippen molar-refractivity contribution < 1.29 is 14.3 Å². The van der Waals surface area contributed by atoms with Crippen molar-refractivity contribution in [1.29, 1.82) is 0 Å². The molecular weight excluding hydrogens is 372 g/mol. The lowest BCUT2D eigenvalue weighted by Gasteiger charge is -2.39. The van der Waals surface area contributed by atoms with Gasteiger partial charge in [0.2, 0.25) is 0 Å². The maximum Gasteiger partial charge on any atom is 0.324 e. The number of carbonyl (C=O) groups excluding carboxylic acids is 2. The van der Waals surface area contributed by atoms with E-state index in [2.05, 4.69) is 20.8 Å². The summed E-state index contributed by atoms with van der Waals surface area (Å²) >= 11 is 0. The lowest BCUT2D eigenvalue weighted by Crippen LogP contribution is -2.48. The summed E-state index contributed by atoms with van der Waals surface area (Å²) in [4.78, 5) is 27.6. The molecule has 1 fully saturated rings. The van der Waals surface area contributed by atoms with Gasteiger partial charge >= 0.3 is 5.97 Å². The van der Waals surface area contributed by atoms with E-state index in [4.69, 9.17) is 4.74 Å². The maximum atomic E-state index is 13.8. The quantitative estimate of drug-likeness (QED) is 0.311. The highest BCUT2D eigenvalue weighted by atomic mass is 16.5. The molecule has 1 saturated carbocycles. The molecule has 0 unspecified atom stereocenters. The minimum Gasteiger partial charge on any atom is -0.461 e. The molecule has 0 saturated heterocycles. The van der Waals surface area contributed by atoms with Gasteiger partial charge in [-0.3, -0.25) is 9.59 Å². The normalized spacial score (nSPS) is 23.6. The van der Waals surface area contributed by atoms with Crippen molar-refractivity contribution >= 4 is 11.8 Å². The van der Waals surface area contributed by atoms with Crippen LogP contribution in [0.2, 0.25) is 0 Å². The first kappa shape index (κ1) is 22.3. The molecular formula is C27H34O3. The highest BCUT2D eigenvalue weighted by molar-refractivity contribution is 6.17. The van der Waals surface area contributed by atoms with Gasteiger partial charge < -0.3 is 4.74 Å². The van der Waals surface area contributed by atoms with E-state index >= 15 is 0 Å². The molecule has 0 radical (unpaired) electrons. The number of hydrogen-bond donors (Lipinski definition) is 0. The van der Waals surface area contributed by atoms with Crippen molar-refractivity contribution in [2.24, 2.45) is 17.8 Å². The smallest absolute Gasteiger partial charge is 0.324 e. The van der Waals surface area contributed by atoms with Crippen LogP contribution in [0.3, 0.4) is 0 Å². The third-order valence-electron chi connectivity index (χ3n) is 6.79. The minimum atomic E-state index is -1.33. The number of Topliss-reactive ketones (excluding diaryl/α,β-unsaturated/α-hetero) is 1. The van der Waals surface area contributed by atoms with Gasteiger partial charge in [0, 0.05) is 5.56 Å². The van der Waals surface area contributed by atoms with Gasteiger partial charge in [-0.1, -0.05) is 94.8 Å². The average molecular weight is 407 g/mol. The van der Waals surface area contributed by atoms with Crippen LogP contribution in [0.4, 0.5) is 0 Å². The molecule has 1 aliphatic rings. The number of hydrogen-bond acceptors (Lipinski definition) is 3. The summed E-state index contributed by atoms with van der Waals surface area (Å²) in [5.41, 5.74) is -0.0842. The molecule has 2 aromatic rings. The summed E-state index contributed by atoms with van der Waals surface area (Å²) in [6.45, 7) is 8.51. The topological polar surface area (TPSA) is 43.4 Å². The summed E-state index contributed by atoms with van der Waals surface area (Å²) in [5.74, 6) is 0.701. The van der Waals surface area contributed by atoms with Gasteiger partial charge in [0.15, 0.2) is 11.2 Å². The summed E-state index contributed by atoms with van der Waals surface area (Å²) in [5, 5.41) is 0. The van der Waals surface area contributed by atoms with Crippen LogP contribution in [0.1, 0.15) is 69.3 Å². The van der Waals surface area contributed by atoms with Gasteiger partial charge in [0.25, 0.3) is 0 Å². The molecule has 2 aromatic carbocycles. The maximum absolute atomic E-state index is 13.8. The van der Waals surface area contributed by atoms with Gasteiger partial charge in [-0.2, -0.15) is 0 Å². The van der Waals surface area contributed by atoms with Crippen molar-refractivity contribution in [3.8, 4) is 0 Å². The number of esters is 1. The number of carbonyl (C=O) groups is 2. The molecule has 0 aliphatic heterocycles. The monoisotopic (exact) mass is 406 g/mol. The first-order valence-corrected chi connectivity index (χ1v) is 11.3. The van der Waals surface area contributed by atoms with Crippen molar-refractivity contribution in [3.05, 3.63) is 71.8 Å². The van der Waals surface area contributed by atoms with Crippen LogP contribution in [-0.4, -0.2) is 17.9 Å². The van der Waals surface area contributed by atoms with Gasteiger partial charge in [0.05, 0.1) is 0 Å². The fraction of sp³-hybridized carbons (Fsp3) is 0.481. The zero-order valence-electron chi connectivity index (χ0n) is 18.6. The Hall–Kier alpha value is -2.42. The molecule has 30 heavy (non-hydrogen) atoms. The van der Waals surface area contributed by atoms with Crippen molar-refractivity contribution in [3.63, 3.8) is 0 Å². The van der Waals surface area contributed by atoms with E-state index < -0.39 is 11.4 Å². The number of benzene rings is 2. The molecule has 3 nitrogen and oxygen atoms in total. The SMILES string of the molecule is CC[C@](C(=O)O[C@@H]1C[C@@H](C)CC[C@@H]1C(C)C)(C(=O)c1ccccc1)c1ccccc1. The van der Waals surface area contributed by atoms with E-state index in [9.17, 15) is 9.59 Å². The number of ether oxygens (including phenoxy) is 1. The third kappa shape index (κ3) is 4.35. The summed E-state index contributed by atoms with van der Waals surface area (Å²) in [6.07, 6.45) is 3.31. The first-order valence-electron chi connectivity index (χ1n) is 11.3. The predicted molar refractivity (Wildman–Crippen MR) is 120 cm³/mol. The Labute approximate surface area is 180 Å². The van der Waals surface area contributed by atoms with Gasteiger partial charge in [-0.15, -0.1) is 0 Å². The second-order valence-corrected chi connectivity index (χ2v) is 9.09. The van der Waals surface area contributed by atoms with Crippen molar-refractivity contribution in [2.75, 3.05) is 0 Å². The van der Waals surface area contributed by atoms with E-state index in [0.29, 0.717) is 35.3 Å². The number of rotatable bonds is 7. The van der Waals surface area contributed by atoms with Crippen LogP contribution in [0.25, 0.3) is 0 Å². The molecule has 0 aromatic heterocycles. The third-order valence-corrected chi connectivity index (χ3v) is 6.79. The zero-order valence-corrected chi connectivity index (χ0v) is 18.6. The highest BCUT2D eigenvalue weighted by Crippen LogP contribution is 2.39. The van der Waals surface area contributed by atoms with Crippen LogP contribution >= 0.6 is 0 Å². The summed E-state index contributed by atoms with van der Waals surface area (Å²) in [6, 6.07) is 18.5. The van der Waals surface area contributed by atoms with E-state index in [1.54, 1.807) is 12.1 Å². The van der Waals surface area contributed by atoms with Crippen LogP contribution in [0.15, 0.2) is 60.7 Å². The first-order chi connectivity index (χ1) is 14.4. The molecule has 4 atom stereocenters. The Morgan fingerprint density at radius 1 is 1.00 bits per heavy atom. The van der Waals surface area contributed by atoms with Gasteiger partial charge in [0.1, 0.15) is 6.10 Å². The van der Waals surface area contributed by atoms with Gasteiger partial charge in [-0.05, 0) is 42.6 Å². The van der Waals surface area contributed by atoms with E-state index in [1.165, 1.54) is 0 Å². The Morgan fingerprint density at radius 2 is 1.60 bits per heavy atom. The van der Waals surface area contributed by atoms with Crippen LogP contribution in [0.5, 0.6) is 0 Å². The molecule has 0 spiro atoms. The highest BCUT2D eigenvalue weighted by Gasteiger charge is 2.49. The summed E-state index contributed by atoms with van der Waals surface area (Å²) in [7, 11) is 0. The van der Waals surface area contributed by atoms with E-state index in [1.807, 2.05) is 55.5 Å². The Bertz CT molecular complexity index is 843. The van der Waals surface area contributed by atoms with Crippen molar-refractivity contribution in [2.45, 2.75) is 64.9 Å². The molecule has 1 aliphatic carbocycles. The van der Waals surface area contributed by atoms with Gasteiger partial charge in [-0.25, -0.2) is 0 Å². The number of ketones is 1.